The highest BCUT2D eigenvalue weighted by molar-refractivity contribution is 8.25. The minimum absolute atomic E-state index is 0.0333. The maximum Gasteiger partial charge on any atom is 0.431 e. The molecule has 1 aliphatic heterocycles. The minimum atomic E-state index is -5.45. The van der Waals surface area contributed by atoms with E-state index in [4.69, 9.17) is 29.5 Å². The van der Waals surface area contributed by atoms with E-state index in [0.717, 1.165) is 22.9 Å². The zero-order valence-electron chi connectivity index (χ0n) is 30.3. The maximum absolute atomic E-state index is 13.1. The molecular formula is C35H36F8N2O7S5. The molecule has 1 saturated heterocycles. The second-order valence-corrected chi connectivity index (χ2v) is 18.4. The van der Waals surface area contributed by atoms with Gasteiger partial charge in [0.15, 0.2) is 0 Å². The van der Waals surface area contributed by atoms with Crippen molar-refractivity contribution in [2.24, 2.45) is 0 Å². The number of ether oxygens (including phenoxy) is 1. The summed E-state index contributed by atoms with van der Waals surface area (Å²) < 4.78 is 129. The van der Waals surface area contributed by atoms with Crippen LogP contribution in [0.1, 0.15) is 70.4 Å². The van der Waals surface area contributed by atoms with E-state index in [9.17, 15) is 63.7 Å². The summed E-state index contributed by atoms with van der Waals surface area (Å²) in [6.07, 6.45) is -2.47. The first-order valence-corrected chi connectivity index (χ1v) is 20.1. The maximum atomic E-state index is 13.1. The van der Waals surface area contributed by atoms with Crippen molar-refractivity contribution in [1.29, 1.82) is 10.5 Å². The molecule has 0 aliphatic carbocycles. The number of carboxylic acid groups (broad SMARTS) is 1. The Morgan fingerprint density at radius 3 is 1.60 bits per heavy atom. The Labute approximate surface area is 343 Å². The second-order valence-electron chi connectivity index (χ2n) is 12.4. The van der Waals surface area contributed by atoms with Crippen LogP contribution < -0.4 is 0 Å². The Hall–Kier alpha value is -3.41. The number of halogens is 8. The van der Waals surface area contributed by atoms with Crippen LogP contribution >= 0.6 is 48.0 Å². The third-order valence-corrected chi connectivity index (χ3v) is 12.2. The number of esters is 1. The Balaban J connectivity index is 0.000000464. The number of hydrogen-bond donors (Lipinski definition) is 1. The zero-order chi connectivity index (χ0) is 43.9. The molecule has 2 aromatic carbocycles. The first-order valence-electron chi connectivity index (χ1n) is 16.2. The van der Waals surface area contributed by atoms with E-state index in [1.54, 1.807) is 38.1 Å². The molecule has 2 aromatic rings. The van der Waals surface area contributed by atoms with Gasteiger partial charge < -0.3 is 9.84 Å². The lowest BCUT2D eigenvalue weighted by atomic mass is 10.1. The average Bonchev–Trinajstić information content (AvgIpc) is 3.13. The molecule has 0 bridgehead atoms. The van der Waals surface area contributed by atoms with Crippen molar-refractivity contribution in [1.82, 2.24) is 0 Å². The van der Waals surface area contributed by atoms with Crippen LogP contribution in [0.2, 0.25) is 0 Å². The molecule has 57 heavy (non-hydrogen) atoms. The number of nitriles is 2. The molecule has 1 fully saturated rings. The Bertz CT molecular complexity index is 1890. The smallest absolute Gasteiger partial charge is 0.431 e. The lowest BCUT2D eigenvalue weighted by Gasteiger charge is -2.29. The minimum Gasteiger partial charge on any atom is -0.481 e. The fraction of sp³-hybridized carbons (Fsp3) is 0.486. The number of carbonyl (C=O) groups excluding carboxylic acids is 1. The SMILES string of the molecule is CC(C#N)(CCC(=O)O)SC(=S)c1ccccc1.CC(C#N)(CCC(=O)OCCC(F)(F)C(C)(F)F)SC(=S)c1ccccc1.O=S1(=O)OCCC(F)(F)C1(F)F. The molecule has 0 amide bonds. The Morgan fingerprint density at radius 1 is 0.825 bits per heavy atom. The average molecular weight is 909 g/mol. The van der Waals surface area contributed by atoms with E-state index in [-0.39, 0.29) is 32.6 Å². The van der Waals surface area contributed by atoms with Crippen molar-refractivity contribution in [3.63, 3.8) is 0 Å². The van der Waals surface area contributed by atoms with Gasteiger partial charge in [-0.3, -0.25) is 13.8 Å². The van der Waals surface area contributed by atoms with Crippen LogP contribution in [0.15, 0.2) is 60.7 Å². The first kappa shape index (κ1) is 51.6. The lowest BCUT2D eigenvalue weighted by molar-refractivity contribution is -0.206. The number of hydrogen-bond acceptors (Lipinski definition) is 12. The third-order valence-electron chi connectivity index (χ3n) is 7.47. The van der Waals surface area contributed by atoms with Crippen molar-refractivity contribution in [3.05, 3.63) is 71.8 Å². The van der Waals surface area contributed by atoms with Gasteiger partial charge in [0.25, 0.3) is 0 Å². The van der Waals surface area contributed by atoms with Gasteiger partial charge in [0.1, 0.15) is 9.49 Å². The molecule has 314 valence electrons. The summed E-state index contributed by atoms with van der Waals surface area (Å²) in [5.74, 6) is -14.7. The van der Waals surface area contributed by atoms with Gasteiger partial charge >= 0.3 is 45.1 Å². The first-order chi connectivity index (χ1) is 26.1. The van der Waals surface area contributed by atoms with Gasteiger partial charge in [0.2, 0.25) is 0 Å². The summed E-state index contributed by atoms with van der Waals surface area (Å²) in [7, 11) is -5.45. The summed E-state index contributed by atoms with van der Waals surface area (Å²) in [5.41, 5.74) is 1.65. The highest BCUT2D eigenvalue weighted by Crippen LogP contribution is 2.45. The van der Waals surface area contributed by atoms with E-state index in [1.807, 2.05) is 36.4 Å². The van der Waals surface area contributed by atoms with Crippen molar-refractivity contribution < 1.29 is 67.2 Å². The molecule has 0 radical (unpaired) electrons. The van der Waals surface area contributed by atoms with Gasteiger partial charge in [0, 0.05) is 26.2 Å². The van der Waals surface area contributed by atoms with E-state index >= 15 is 0 Å². The molecule has 0 saturated carbocycles. The van der Waals surface area contributed by atoms with Gasteiger partial charge in [-0.25, -0.2) is 8.78 Å². The summed E-state index contributed by atoms with van der Waals surface area (Å²) in [4.78, 5) is 22.3. The monoisotopic (exact) mass is 908 g/mol. The second kappa shape index (κ2) is 21.6. The molecule has 9 nitrogen and oxygen atoms in total. The van der Waals surface area contributed by atoms with Gasteiger partial charge in [-0.1, -0.05) is 109 Å². The number of carboxylic acids is 1. The molecule has 22 heteroatoms. The largest absolute Gasteiger partial charge is 0.481 e. The van der Waals surface area contributed by atoms with Crippen LogP contribution in [-0.2, 0) is 28.6 Å². The van der Waals surface area contributed by atoms with Crippen LogP contribution in [0, 0.1) is 22.7 Å². The third kappa shape index (κ3) is 16.4. The van der Waals surface area contributed by atoms with E-state index in [1.165, 1.54) is 11.8 Å². The zero-order valence-corrected chi connectivity index (χ0v) is 34.4. The number of thiocarbonyl (C=S) groups is 2. The van der Waals surface area contributed by atoms with Crippen LogP contribution in [0.5, 0.6) is 0 Å². The predicted molar refractivity (Wildman–Crippen MR) is 206 cm³/mol. The summed E-state index contributed by atoms with van der Waals surface area (Å²) in [6, 6.07) is 22.7. The quantitative estimate of drug-likeness (QED) is 0.0829. The molecule has 1 heterocycles. The van der Waals surface area contributed by atoms with E-state index < -0.39 is 80.6 Å². The molecule has 3 rings (SSSR count). The fourth-order valence-corrected chi connectivity index (χ4v) is 8.01. The lowest BCUT2D eigenvalue weighted by Crippen LogP contribution is -2.52. The number of benzene rings is 2. The Kier molecular flexibility index (Phi) is 19.5. The van der Waals surface area contributed by atoms with Gasteiger partial charge in [-0.05, 0) is 37.8 Å². The number of aliphatic carboxylic acids is 1. The van der Waals surface area contributed by atoms with Crippen LogP contribution in [0.3, 0.4) is 0 Å². The molecule has 2 unspecified atom stereocenters. The molecule has 0 aromatic heterocycles. The van der Waals surface area contributed by atoms with Crippen LogP contribution in [0.4, 0.5) is 35.1 Å². The molecule has 1 N–H and O–H groups in total. The predicted octanol–water partition coefficient (Wildman–Crippen LogP) is 9.59. The van der Waals surface area contributed by atoms with Crippen molar-refractivity contribution >= 4 is 78.4 Å². The van der Waals surface area contributed by atoms with Crippen molar-refractivity contribution in [2.75, 3.05) is 13.2 Å². The number of rotatable bonds is 14. The highest BCUT2D eigenvalue weighted by Gasteiger charge is 2.68. The highest BCUT2D eigenvalue weighted by atomic mass is 32.2. The van der Waals surface area contributed by atoms with Gasteiger partial charge in [0.05, 0.1) is 40.2 Å². The van der Waals surface area contributed by atoms with Crippen LogP contribution in [0.25, 0.3) is 0 Å². The summed E-state index contributed by atoms with van der Waals surface area (Å²) in [6.45, 7) is 1.70. The number of carbonyl (C=O) groups is 2. The topological polar surface area (TPSA) is 155 Å². The normalized spacial score (nSPS) is 17.5. The standard InChI is InChI=1S/C18H19F4NO2S2.C13H13NO2S2.C4H4F4O3S/c1-16(12-23,27-15(26)13-6-4-3-5-7-13)9-8-14(24)25-11-10-18(21,22)17(2,19)20;1-13(9-14,8-7-11(15)16)18-12(17)10-5-3-2-4-6-10;5-3(6)1-2-11-12(9,10)4(3,7)8/h3-7H,8-11H2,1-2H3;2-6H,7-8H2,1H3,(H,15,16);1-2H2. The fourth-order valence-electron chi connectivity index (χ4n) is 3.89. The van der Waals surface area contributed by atoms with E-state index in [0.29, 0.717) is 8.39 Å². The van der Waals surface area contributed by atoms with Gasteiger partial charge in [-0.15, -0.1) is 0 Å². The number of thioether (sulfide) groups is 2. The van der Waals surface area contributed by atoms with Crippen molar-refractivity contribution in [2.45, 2.75) is 91.8 Å². The number of nitrogens with zero attached hydrogens (tertiary/aromatic N) is 2. The summed E-state index contributed by atoms with van der Waals surface area (Å²) in [5, 5.41) is 22.1. The Morgan fingerprint density at radius 2 is 1.25 bits per heavy atom. The molecule has 2 atom stereocenters. The summed E-state index contributed by atoms with van der Waals surface area (Å²) >= 11 is 12.9. The van der Waals surface area contributed by atoms with Gasteiger partial charge in [-0.2, -0.15) is 45.3 Å². The molecular weight excluding hydrogens is 873 g/mol. The van der Waals surface area contributed by atoms with Crippen LogP contribution in [-0.4, -0.2) is 79.6 Å². The number of alkyl halides is 8. The van der Waals surface area contributed by atoms with E-state index in [2.05, 4.69) is 21.1 Å². The molecule has 1 aliphatic rings. The van der Waals surface area contributed by atoms with Crippen molar-refractivity contribution in [3.8, 4) is 12.1 Å². The molecule has 0 spiro atoms.